The fourth-order valence-electron chi connectivity index (χ4n) is 1.21. The van der Waals surface area contributed by atoms with Crippen molar-refractivity contribution >= 4 is 27.5 Å². The van der Waals surface area contributed by atoms with Crippen LogP contribution in [0.1, 0.15) is 0 Å². The molecule has 0 amide bonds. The van der Waals surface area contributed by atoms with Gasteiger partial charge >= 0.3 is 0 Å². The third-order valence-corrected chi connectivity index (χ3v) is 2.82. The number of halogens is 3. The van der Waals surface area contributed by atoms with Gasteiger partial charge in [-0.25, -0.2) is 14.4 Å². The maximum atomic E-state index is 13.7. The second kappa shape index (κ2) is 4.24. The van der Waals surface area contributed by atoms with Gasteiger partial charge in [0.1, 0.15) is 17.3 Å². The second-order valence-corrected chi connectivity index (χ2v) is 4.04. The summed E-state index contributed by atoms with van der Waals surface area (Å²) < 4.78 is 14.1. The van der Waals surface area contributed by atoms with E-state index in [1.165, 1.54) is 12.5 Å². The predicted octanol–water partition coefficient (Wildman–Crippen LogP) is 3.70. The molecule has 0 spiro atoms. The Morgan fingerprint density at radius 1 is 1.27 bits per heavy atom. The van der Waals surface area contributed by atoms with Crippen LogP contribution in [0.2, 0.25) is 5.15 Å². The van der Waals surface area contributed by atoms with Crippen molar-refractivity contribution < 1.29 is 4.39 Å². The second-order valence-electron chi connectivity index (χ2n) is 2.83. The smallest absolute Gasteiger partial charge is 0.145 e. The average Bonchev–Trinajstić information content (AvgIpc) is 2.23. The molecule has 0 fully saturated rings. The van der Waals surface area contributed by atoms with Gasteiger partial charge in [-0.2, -0.15) is 0 Å². The third kappa shape index (κ3) is 2.01. The van der Waals surface area contributed by atoms with Crippen molar-refractivity contribution in [2.75, 3.05) is 0 Å². The number of nitrogens with zero attached hydrogens (tertiary/aromatic N) is 2. The van der Waals surface area contributed by atoms with Crippen LogP contribution in [0.25, 0.3) is 11.1 Å². The van der Waals surface area contributed by atoms with Crippen molar-refractivity contribution in [3.05, 3.63) is 46.2 Å². The summed E-state index contributed by atoms with van der Waals surface area (Å²) in [6, 6.07) is 4.98. The summed E-state index contributed by atoms with van der Waals surface area (Å²) >= 11 is 8.96. The summed E-state index contributed by atoms with van der Waals surface area (Å²) in [6.07, 6.45) is 2.81. The maximum absolute atomic E-state index is 13.7. The molecule has 1 heterocycles. The van der Waals surface area contributed by atoms with Crippen molar-refractivity contribution in [1.82, 2.24) is 9.97 Å². The molecule has 2 aromatic rings. The van der Waals surface area contributed by atoms with E-state index in [9.17, 15) is 4.39 Å². The van der Waals surface area contributed by atoms with Gasteiger partial charge in [-0.15, -0.1) is 0 Å². The minimum absolute atomic E-state index is 0.238. The van der Waals surface area contributed by atoms with Gasteiger partial charge in [0.2, 0.25) is 0 Å². The van der Waals surface area contributed by atoms with Crippen LogP contribution in [-0.4, -0.2) is 9.97 Å². The Bertz CT molecular complexity index is 505. The van der Waals surface area contributed by atoms with Crippen LogP contribution in [0.3, 0.4) is 0 Å². The molecule has 0 N–H and O–H groups in total. The van der Waals surface area contributed by atoms with E-state index in [4.69, 9.17) is 11.6 Å². The van der Waals surface area contributed by atoms with Crippen molar-refractivity contribution in [3.63, 3.8) is 0 Å². The van der Waals surface area contributed by atoms with Crippen LogP contribution in [-0.2, 0) is 0 Å². The molecule has 0 radical (unpaired) electrons. The summed E-state index contributed by atoms with van der Waals surface area (Å²) in [5.41, 5.74) is 0.868. The zero-order valence-corrected chi connectivity index (χ0v) is 9.76. The lowest BCUT2D eigenvalue weighted by Gasteiger charge is -2.05. The molecule has 0 aliphatic carbocycles. The molecule has 0 saturated carbocycles. The monoisotopic (exact) mass is 286 g/mol. The number of rotatable bonds is 1. The number of aromatic nitrogens is 2. The number of hydrogen-bond donors (Lipinski definition) is 0. The molecule has 0 aliphatic heterocycles. The topological polar surface area (TPSA) is 25.8 Å². The Kier molecular flexibility index (Phi) is 2.98. The predicted molar refractivity (Wildman–Crippen MR) is 60.1 cm³/mol. The van der Waals surface area contributed by atoms with E-state index in [1.807, 2.05) is 0 Å². The Hall–Kier alpha value is -1.00. The molecule has 5 heteroatoms. The number of benzene rings is 1. The van der Waals surface area contributed by atoms with Crippen LogP contribution in [0, 0.1) is 5.82 Å². The van der Waals surface area contributed by atoms with Crippen molar-refractivity contribution in [3.8, 4) is 11.1 Å². The highest BCUT2D eigenvalue weighted by Crippen LogP contribution is 2.30. The van der Waals surface area contributed by atoms with Crippen LogP contribution < -0.4 is 0 Å². The molecular weight excluding hydrogens is 282 g/mol. The summed E-state index contributed by atoms with van der Waals surface area (Å²) in [6.45, 7) is 0. The van der Waals surface area contributed by atoms with Crippen LogP contribution in [0.4, 0.5) is 4.39 Å². The summed E-state index contributed by atoms with van der Waals surface area (Å²) in [7, 11) is 0. The lowest BCUT2D eigenvalue weighted by atomic mass is 10.1. The molecule has 0 bridgehead atoms. The quantitative estimate of drug-likeness (QED) is 0.747. The van der Waals surface area contributed by atoms with E-state index in [0.717, 1.165) is 0 Å². The van der Waals surface area contributed by atoms with Gasteiger partial charge in [0.05, 0.1) is 4.47 Å². The van der Waals surface area contributed by atoms with E-state index in [-0.39, 0.29) is 11.0 Å². The zero-order valence-electron chi connectivity index (χ0n) is 7.42. The van der Waals surface area contributed by atoms with E-state index in [2.05, 4.69) is 25.9 Å². The molecule has 0 aliphatic rings. The molecule has 0 unspecified atom stereocenters. The molecule has 76 valence electrons. The summed E-state index contributed by atoms with van der Waals surface area (Å²) in [5.74, 6) is -0.366. The molecule has 2 nitrogen and oxygen atoms in total. The maximum Gasteiger partial charge on any atom is 0.145 e. The summed E-state index contributed by atoms with van der Waals surface area (Å²) in [4.78, 5) is 7.61. The highest BCUT2D eigenvalue weighted by molar-refractivity contribution is 9.10. The van der Waals surface area contributed by atoms with E-state index in [1.54, 1.807) is 18.2 Å². The first-order valence-electron chi connectivity index (χ1n) is 4.10. The molecule has 1 aromatic heterocycles. The third-order valence-electron chi connectivity index (χ3n) is 1.91. The minimum atomic E-state index is -0.366. The molecule has 2 rings (SSSR count). The Morgan fingerprint density at radius 2 is 2.07 bits per heavy atom. The minimum Gasteiger partial charge on any atom is -0.244 e. The van der Waals surface area contributed by atoms with E-state index in [0.29, 0.717) is 15.6 Å². The van der Waals surface area contributed by atoms with E-state index >= 15 is 0 Å². The Labute approximate surface area is 99.3 Å². The molecule has 0 saturated heterocycles. The molecule has 15 heavy (non-hydrogen) atoms. The normalized spacial score (nSPS) is 10.3. The van der Waals surface area contributed by atoms with Crippen molar-refractivity contribution in [2.24, 2.45) is 0 Å². The van der Waals surface area contributed by atoms with Gasteiger partial charge in [0.25, 0.3) is 0 Å². The fraction of sp³-hybridized carbons (Fsp3) is 0. The standard InChI is InChI=1S/C10H5BrClFN2/c11-8-3-1-2-6(9(8)13)7-4-14-5-15-10(7)12/h1-5H. The highest BCUT2D eigenvalue weighted by Gasteiger charge is 2.11. The van der Waals surface area contributed by atoms with Crippen LogP contribution in [0.15, 0.2) is 35.2 Å². The van der Waals surface area contributed by atoms with Gasteiger partial charge in [0, 0.05) is 17.3 Å². The SMILES string of the molecule is Fc1c(Br)cccc1-c1cncnc1Cl. The first-order valence-corrected chi connectivity index (χ1v) is 5.27. The Morgan fingerprint density at radius 3 is 2.80 bits per heavy atom. The summed E-state index contributed by atoms with van der Waals surface area (Å²) in [5, 5.41) is 0.238. The van der Waals surface area contributed by atoms with Crippen molar-refractivity contribution in [2.45, 2.75) is 0 Å². The van der Waals surface area contributed by atoms with Gasteiger partial charge in [-0.1, -0.05) is 23.7 Å². The fourth-order valence-corrected chi connectivity index (χ4v) is 1.77. The first kappa shape index (κ1) is 10.5. The van der Waals surface area contributed by atoms with Gasteiger partial charge < -0.3 is 0 Å². The van der Waals surface area contributed by atoms with Gasteiger partial charge in [0.15, 0.2) is 0 Å². The largest absolute Gasteiger partial charge is 0.244 e. The Balaban J connectivity index is 2.65. The molecule has 0 atom stereocenters. The zero-order chi connectivity index (χ0) is 10.8. The molecule has 1 aromatic carbocycles. The highest BCUT2D eigenvalue weighted by atomic mass is 79.9. The first-order chi connectivity index (χ1) is 7.20. The van der Waals surface area contributed by atoms with Gasteiger partial charge in [-0.05, 0) is 22.0 Å². The van der Waals surface area contributed by atoms with Gasteiger partial charge in [-0.3, -0.25) is 0 Å². The van der Waals surface area contributed by atoms with E-state index < -0.39 is 0 Å². The average molecular weight is 288 g/mol. The number of hydrogen-bond acceptors (Lipinski definition) is 2. The van der Waals surface area contributed by atoms with Crippen LogP contribution >= 0.6 is 27.5 Å². The lowest BCUT2D eigenvalue weighted by Crippen LogP contribution is -1.89. The van der Waals surface area contributed by atoms with Crippen molar-refractivity contribution in [1.29, 1.82) is 0 Å². The lowest BCUT2D eigenvalue weighted by molar-refractivity contribution is 0.624. The van der Waals surface area contributed by atoms with Crippen LogP contribution in [0.5, 0.6) is 0 Å². The molecular formula is C10H5BrClFN2.